The SMILES string of the molecule is [2H]C([2H])([2H])N(C(=O)Cc1cn(C(=O)OC(C)(C)C)c2cccc(OC)c12)C([2H])([2H])[2H]. The summed E-state index contributed by atoms with van der Waals surface area (Å²) in [6, 6.07) is 4.87. The first kappa shape index (κ1) is 11.1. The van der Waals surface area contributed by atoms with E-state index in [1.807, 2.05) is 0 Å². The Labute approximate surface area is 150 Å². The summed E-state index contributed by atoms with van der Waals surface area (Å²) in [5, 5.41) is 0.384. The minimum absolute atomic E-state index is 0.105. The molecule has 1 aromatic heterocycles. The van der Waals surface area contributed by atoms with Crippen LogP contribution in [0.1, 0.15) is 34.6 Å². The van der Waals surface area contributed by atoms with Gasteiger partial charge in [-0.3, -0.25) is 9.36 Å². The van der Waals surface area contributed by atoms with E-state index >= 15 is 0 Å². The lowest BCUT2D eigenvalue weighted by Gasteiger charge is -2.19. The lowest BCUT2D eigenvalue weighted by molar-refractivity contribution is -0.127. The quantitative estimate of drug-likeness (QED) is 0.863. The molecule has 0 unspecified atom stereocenters. The Morgan fingerprint density at radius 1 is 1.29 bits per heavy atom. The van der Waals surface area contributed by atoms with E-state index in [1.54, 1.807) is 39.0 Å². The van der Waals surface area contributed by atoms with Crippen LogP contribution in [0.2, 0.25) is 0 Å². The molecule has 1 heterocycles. The minimum Gasteiger partial charge on any atom is -0.496 e. The van der Waals surface area contributed by atoms with Gasteiger partial charge in [0.1, 0.15) is 11.4 Å². The molecule has 6 nitrogen and oxygen atoms in total. The Balaban J connectivity index is 2.59. The Kier molecular flexibility index (Phi) is 3.04. The normalized spacial score (nSPS) is 16.2. The molecule has 0 saturated heterocycles. The number of carbonyl (C=O) groups excluding carboxylic acids is 2. The first-order valence-electron chi connectivity index (χ1n) is 10.3. The highest BCUT2D eigenvalue weighted by molar-refractivity contribution is 5.98. The molecule has 0 aliphatic carbocycles. The second-order valence-corrected chi connectivity index (χ2v) is 6.27. The molecule has 1 amide bonds. The van der Waals surface area contributed by atoms with Crippen molar-refractivity contribution < 1.29 is 27.3 Å². The average Bonchev–Trinajstić information content (AvgIpc) is 2.89. The molecule has 0 saturated carbocycles. The topological polar surface area (TPSA) is 60.8 Å². The van der Waals surface area contributed by atoms with Crippen molar-refractivity contribution in [2.75, 3.05) is 21.1 Å². The van der Waals surface area contributed by atoms with Crippen molar-refractivity contribution in [3.8, 4) is 5.75 Å². The molecule has 1 aromatic carbocycles. The predicted octanol–water partition coefficient (Wildman–Crippen LogP) is 3.06. The third-order valence-electron chi connectivity index (χ3n) is 3.27. The maximum atomic E-state index is 12.7. The molecular weight excluding hydrogens is 308 g/mol. The fourth-order valence-electron chi connectivity index (χ4n) is 2.34. The Morgan fingerprint density at radius 2 is 2.00 bits per heavy atom. The van der Waals surface area contributed by atoms with Crippen LogP contribution in [0.25, 0.3) is 10.9 Å². The third kappa shape index (κ3) is 3.69. The molecule has 0 radical (unpaired) electrons. The second kappa shape index (κ2) is 6.55. The molecule has 0 aliphatic heterocycles. The number of hydrogen-bond donors (Lipinski definition) is 0. The van der Waals surface area contributed by atoms with Crippen molar-refractivity contribution in [2.24, 2.45) is 0 Å². The van der Waals surface area contributed by atoms with E-state index in [4.69, 9.17) is 17.7 Å². The number of nitrogens with zero attached hydrogens (tertiary/aromatic N) is 2. The van der Waals surface area contributed by atoms with Crippen LogP contribution in [-0.4, -0.2) is 48.1 Å². The minimum atomic E-state index is -3.16. The fourth-order valence-corrected chi connectivity index (χ4v) is 2.34. The van der Waals surface area contributed by atoms with Crippen LogP contribution < -0.4 is 4.74 Å². The molecule has 0 aliphatic rings. The van der Waals surface area contributed by atoms with E-state index in [2.05, 4.69) is 0 Å². The summed E-state index contributed by atoms with van der Waals surface area (Å²) in [7, 11) is 1.41. The molecule has 130 valence electrons. The van der Waals surface area contributed by atoms with Gasteiger partial charge in [-0.2, -0.15) is 0 Å². The molecule has 0 fully saturated rings. The Bertz CT molecular complexity index is 942. The maximum Gasteiger partial charge on any atom is 0.419 e. The van der Waals surface area contributed by atoms with Gasteiger partial charge in [-0.05, 0) is 38.5 Å². The van der Waals surface area contributed by atoms with Crippen LogP contribution in [0.3, 0.4) is 0 Å². The molecule has 2 aromatic rings. The molecule has 0 spiro atoms. The Morgan fingerprint density at radius 3 is 2.58 bits per heavy atom. The second-order valence-electron chi connectivity index (χ2n) is 6.27. The van der Waals surface area contributed by atoms with Crippen molar-refractivity contribution >= 4 is 22.9 Å². The standard InChI is InChI=1S/C18H24N2O4/c1-18(2,3)24-17(22)20-11-12(10-15(21)19(4)5)16-13(20)8-7-9-14(16)23-6/h7-9,11H,10H2,1-6H3/i4D3,5D3. The molecule has 0 N–H and O–H groups in total. The van der Waals surface area contributed by atoms with Gasteiger partial charge < -0.3 is 14.4 Å². The number of amides is 1. The molecular formula is C18H24N2O4. The molecule has 0 bridgehead atoms. The predicted molar refractivity (Wildman–Crippen MR) is 92.5 cm³/mol. The fraction of sp³-hybridized carbons (Fsp3) is 0.444. The lowest BCUT2D eigenvalue weighted by atomic mass is 10.1. The zero-order chi connectivity index (χ0) is 23.1. The number of fused-ring (bicyclic) bond motifs is 1. The van der Waals surface area contributed by atoms with Crippen molar-refractivity contribution in [3.63, 3.8) is 0 Å². The van der Waals surface area contributed by atoms with Gasteiger partial charge in [0.2, 0.25) is 5.91 Å². The van der Waals surface area contributed by atoms with Gasteiger partial charge in [0.15, 0.2) is 0 Å². The highest BCUT2D eigenvalue weighted by Gasteiger charge is 2.23. The van der Waals surface area contributed by atoms with Gasteiger partial charge in [0, 0.05) is 33.8 Å². The van der Waals surface area contributed by atoms with Gasteiger partial charge in [0.05, 0.1) is 19.0 Å². The van der Waals surface area contributed by atoms with Crippen LogP contribution in [0.5, 0.6) is 5.75 Å². The van der Waals surface area contributed by atoms with Gasteiger partial charge >= 0.3 is 6.09 Å². The van der Waals surface area contributed by atoms with E-state index in [9.17, 15) is 9.59 Å². The van der Waals surface area contributed by atoms with E-state index in [-0.39, 0.29) is 10.5 Å². The number of aromatic nitrogens is 1. The zero-order valence-corrected chi connectivity index (χ0v) is 14.0. The molecule has 2 rings (SSSR count). The lowest BCUT2D eigenvalue weighted by Crippen LogP contribution is -2.26. The highest BCUT2D eigenvalue weighted by atomic mass is 16.6. The van der Waals surface area contributed by atoms with Crippen LogP contribution in [0.4, 0.5) is 4.79 Å². The number of benzene rings is 1. The number of carbonyl (C=O) groups is 2. The average molecular weight is 338 g/mol. The molecule has 0 atom stereocenters. The summed E-state index contributed by atoms with van der Waals surface area (Å²) in [5.41, 5.74) is -0.167. The summed E-state index contributed by atoms with van der Waals surface area (Å²) in [5.74, 6) is -0.795. The first-order valence-corrected chi connectivity index (χ1v) is 7.29. The smallest absolute Gasteiger partial charge is 0.419 e. The van der Waals surface area contributed by atoms with E-state index in [0.717, 1.165) is 0 Å². The summed E-state index contributed by atoms with van der Waals surface area (Å²) in [6.45, 7) is -1.21. The number of likely N-dealkylation sites (N-methyl/N-ethyl adjacent to an activating group) is 1. The van der Waals surface area contributed by atoms with Crippen LogP contribution in [0, 0.1) is 0 Å². The van der Waals surface area contributed by atoms with E-state index in [1.165, 1.54) is 17.9 Å². The summed E-state index contributed by atoms with van der Waals surface area (Å²) in [4.78, 5) is 25.2. The maximum absolute atomic E-state index is 12.7. The number of rotatable bonds is 3. The summed E-state index contributed by atoms with van der Waals surface area (Å²) < 4.78 is 56.5. The first-order chi connectivity index (χ1) is 13.6. The van der Waals surface area contributed by atoms with Crippen LogP contribution in [-0.2, 0) is 16.0 Å². The largest absolute Gasteiger partial charge is 0.496 e. The van der Waals surface area contributed by atoms with Gasteiger partial charge in [-0.1, -0.05) is 6.07 Å². The number of ether oxygens (including phenoxy) is 2. The summed E-state index contributed by atoms with van der Waals surface area (Å²) >= 11 is 0. The van der Waals surface area contributed by atoms with Crippen molar-refractivity contribution in [2.45, 2.75) is 32.8 Å². The molecule has 6 heteroatoms. The van der Waals surface area contributed by atoms with Crippen LogP contribution >= 0.6 is 0 Å². The monoisotopic (exact) mass is 338 g/mol. The summed E-state index contributed by atoms with van der Waals surface area (Å²) in [6.07, 6.45) is 0.0581. The van der Waals surface area contributed by atoms with Crippen molar-refractivity contribution in [3.05, 3.63) is 30.0 Å². The van der Waals surface area contributed by atoms with Gasteiger partial charge in [-0.25, -0.2) is 4.79 Å². The van der Waals surface area contributed by atoms with E-state index < -0.39 is 38.0 Å². The molecule has 24 heavy (non-hydrogen) atoms. The van der Waals surface area contributed by atoms with Crippen molar-refractivity contribution in [1.82, 2.24) is 9.47 Å². The van der Waals surface area contributed by atoms with Gasteiger partial charge in [-0.15, -0.1) is 0 Å². The number of methoxy groups -OCH3 is 1. The Hall–Kier alpha value is -2.50. The third-order valence-corrected chi connectivity index (χ3v) is 3.27. The van der Waals surface area contributed by atoms with Crippen molar-refractivity contribution in [1.29, 1.82) is 0 Å². The van der Waals surface area contributed by atoms with E-state index in [0.29, 0.717) is 16.7 Å². The highest BCUT2D eigenvalue weighted by Crippen LogP contribution is 2.31. The number of hydrogen-bond acceptors (Lipinski definition) is 4. The zero-order valence-electron chi connectivity index (χ0n) is 20.0. The van der Waals surface area contributed by atoms with Gasteiger partial charge in [0.25, 0.3) is 0 Å². The van der Waals surface area contributed by atoms with Crippen LogP contribution in [0.15, 0.2) is 24.4 Å².